The molecule has 4 N–H and O–H groups in total. The number of nitrogens with zero attached hydrogens (tertiary/aromatic N) is 4. The summed E-state index contributed by atoms with van der Waals surface area (Å²) in [6, 6.07) is 21.0. The molecule has 0 unspecified atom stereocenters. The van der Waals surface area contributed by atoms with E-state index in [1.165, 1.54) is 24.9 Å². The molecule has 2 aromatic heterocycles. The van der Waals surface area contributed by atoms with Crippen LogP contribution in [0.5, 0.6) is 0 Å². The molecule has 9 nitrogen and oxygen atoms in total. The molecule has 0 spiro atoms. The van der Waals surface area contributed by atoms with E-state index in [1.54, 1.807) is 6.07 Å². The molecule has 9 heteroatoms. The number of hydrogen-bond acceptors (Lipinski definition) is 8. The summed E-state index contributed by atoms with van der Waals surface area (Å²) in [5.41, 5.74) is 10.1. The lowest BCUT2D eigenvalue weighted by Crippen LogP contribution is -2.54. The van der Waals surface area contributed by atoms with Crippen molar-refractivity contribution in [2.24, 2.45) is 5.73 Å². The average Bonchev–Trinajstić information content (AvgIpc) is 3.45. The van der Waals surface area contributed by atoms with Gasteiger partial charge in [-0.25, -0.2) is 4.98 Å². The van der Waals surface area contributed by atoms with Gasteiger partial charge >= 0.3 is 0 Å². The number of nitrogens with two attached hydrogens (primary N) is 1. The zero-order valence-corrected chi connectivity index (χ0v) is 23.4. The summed E-state index contributed by atoms with van der Waals surface area (Å²) in [6.45, 7) is 3.86. The Kier molecular flexibility index (Phi) is 7.95. The fourth-order valence-electron chi connectivity index (χ4n) is 6.11. The Morgan fingerprint density at radius 2 is 1.76 bits per heavy atom. The lowest BCUT2D eigenvalue weighted by molar-refractivity contribution is 0.100. The van der Waals surface area contributed by atoms with Gasteiger partial charge in [-0.1, -0.05) is 30.1 Å². The van der Waals surface area contributed by atoms with Gasteiger partial charge in [0.25, 0.3) is 5.89 Å². The fraction of sp³-hybridized carbons (Fsp3) is 0.375. The first kappa shape index (κ1) is 27.0. The molecule has 1 amide bonds. The van der Waals surface area contributed by atoms with E-state index in [0.29, 0.717) is 35.4 Å². The Morgan fingerprint density at radius 3 is 2.54 bits per heavy atom. The molecular formula is C32H37N7O2. The van der Waals surface area contributed by atoms with Crippen molar-refractivity contribution < 1.29 is 9.32 Å². The molecule has 4 aromatic rings. The van der Waals surface area contributed by atoms with Gasteiger partial charge in [-0.15, -0.1) is 0 Å². The van der Waals surface area contributed by atoms with Crippen molar-refractivity contribution in [2.75, 3.05) is 23.3 Å². The predicted molar refractivity (Wildman–Crippen MR) is 161 cm³/mol. The molecule has 2 aromatic carbocycles. The number of benzene rings is 2. The summed E-state index contributed by atoms with van der Waals surface area (Å²) < 4.78 is 5.32. The Balaban J connectivity index is 1.10. The molecule has 41 heavy (non-hydrogen) atoms. The lowest BCUT2D eigenvalue weighted by Gasteiger charge is -2.40. The third kappa shape index (κ3) is 6.41. The first-order valence-electron chi connectivity index (χ1n) is 14.6. The molecule has 212 valence electrons. The van der Waals surface area contributed by atoms with Crippen LogP contribution in [-0.2, 0) is 0 Å². The van der Waals surface area contributed by atoms with Gasteiger partial charge in [0, 0.05) is 54.2 Å². The molecule has 1 aliphatic heterocycles. The van der Waals surface area contributed by atoms with Gasteiger partial charge in [-0.2, -0.15) is 4.98 Å². The molecule has 1 aliphatic carbocycles. The minimum absolute atomic E-state index is 0.302. The van der Waals surface area contributed by atoms with E-state index in [-0.39, 0.29) is 0 Å². The number of rotatable bonds is 8. The second-order valence-electron chi connectivity index (χ2n) is 11.2. The standard InChI is InChI=1S/C32H37N7O2/c1-21-35-32(41-38-21)22-11-13-27(14-12-22)39-17-5-8-26(20-39)36-28-9-2-3-10-29(28)37-30-19-24(15-16-34-30)23-6-4-7-25(18-23)31(33)40/h4,6-7,11-16,18-19,26,28-29,36H,2-3,5,8-10,17,20H2,1H3,(H2,33,40)(H,34,37)/t26-,28+,29+/m0/s1. The number of primary amides is 1. The smallest absolute Gasteiger partial charge is 0.257 e. The van der Waals surface area contributed by atoms with E-state index in [1.807, 2.05) is 37.4 Å². The highest BCUT2D eigenvalue weighted by atomic mass is 16.5. The highest BCUT2D eigenvalue weighted by Crippen LogP contribution is 2.28. The van der Waals surface area contributed by atoms with Crippen LogP contribution in [0.4, 0.5) is 11.5 Å². The topological polar surface area (TPSA) is 122 Å². The van der Waals surface area contributed by atoms with E-state index in [9.17, 15) is 4.79 Å². The van der Waals surface area contributed by atoms with E-state index in [4.69, 9.17) is 10.3 Å². The van der Waals surface area contributed by atoms with E-state index in [0.717, 1.165) is 54.9 Å². The zero-order valence-electron chi connectivity index (χ0n) is 23.4. The number of aromatic nitrogens is 3. The highest BCUT2D eigenvalue weighted by Gasteiger charge is 2.29. The fourth-order valence-corrected chi connectivity index (χ4v) is 6.11. The monoisotopic (exact) mass is 551 g/mol. The molecule has 3 atom stereocenters. The van der Waals surface area contributed by atoms with Crippen LogP contribution in [0.3, 0.4) is 0 Å². The van der Waals surface area contributed by atoms with Gasteiger partial charge in [0.2, 0.25) is 5.91 Å². The SMILES string of the molecule is Cc1noc(-c2ccc(N3CCC[C@H](N[C@@H]4CCCC[C@H]4Nc4cc(-c5cccc(C(N)=O)c5)ccn4)C3)cc2)n1. The average molecular weight is 552 g/mol. The van der Waals surface area contributed by atoms with Crippen molar-refractivity contribution in [1.29, 1.82) is 0 Å². The Bertz CT molecular complexity index is 1490. The Morgan fingerprint density at radius 1 is 0.951 bits per heavy atom. The molecular weight excluding hydrogens is 514 g/mol. The minimum Gasteiger partial charge on any atom is -0.370 e. The molecule has 1 saturated heterocycles. The van der Waals surface area contributed by atoms with Crippen LogP contribution in [0, 0.1) is 6.92 Å². The number of carbonyl (C=O) groups is 1. The molecule has 2 fully saturated rings. The number of anilines is 2. The van der Waals surface area contributed by atoms with Gasteiger partial charge < -0.3 is 25.8 Å². The number of amides is 1. The number of nitrogens with one attached hydrogen (secondary N) is 2. The van der Waals surface area contributed by atoms with Crippen LogP contribution >= 0.6 is 0 Å². The van der Waals surface area contributed by atoms with Crippen LogP contribution in [-0.4, -0.2) is 52.2 Å². The Hall–Kier alpha value is -4.24. The van der Waals surface area contributed by atoms with Crippen LogP contribution in [0.15, 0.2) is 71.4 Å². The van der Waals surface area contributed by atoms with Crippen molar-refractivity contribution >= 4 is 17.4 Å². The van der Waals surface area contributed by atoms with Crippen molar-refractivity contribution in [1.82, 2.24) is 20.4 Å². The lowest BCUT2D eigenvalue weighted by atomic mass is 9.89. The highest BCUT2D eigenvalue weighted by molar-refractivity contribution is 5.94. The third-order valence-corrected chi connectivity index (χ3v) is 8.22. The molecule has 3 heterocycles. The number of pyridine rings is 1. The molecule has 0 radical (unpaired) electrons. The summed E-state index contributed by atoms with van der Waals surface area (Å²) >= 11 is 0. The first-order valence-corrected chi connectivity index (χ1v) is 14.6. The van der Waals surface area contributed by atoms with Gasteiger partial charge in [-0.3, -0.25) is 4.79 Å². The van der Waals surface area contributed by atoms with E-state index >= 15 is 0 Å². The number of carbonyl (C=O) groups excluding carboxylic acids is 1. The van der Waals surface area contributed by atoms with Gasteiger partial charge in [-0.05, 0) is 92.3 Å². The van der Waals surface area contributed by atoms with Crippen molar-refractivity contribution in [3.8, 4) is 22.6 Å². The normalized spacial score (nSPS) is 21.0. The van der Waals surface area contributed by atoms with E-state index in [2.05, 4.69) is 61.0 Å². The molecule has 2 aliphatic rings. The van der Waals surface area contributed by atoms with Crippen molar-refractivity contribution in [3.05, 3.63) is 78.2 Å². The maximum absolute atomic E-state index is 11.7. The summed E-state index contributed by atoms with van der Waals surface area (Å²) in [5.74, 6) is 1.63. The van der Waals surface area contributed by atoms with Gasteiger partial charge in [0.05, 0.1) is 0 Å². The van der Waals surface area contributed by atoms with Crippen LogP contribution in [0.1, 0.15) is 54.7 Å². The van der Waals surface area contributed by atoms with Crippen LogP contribution in [0.25, 0.3) is 22.6 Å². The summed E-state index contributed by atoms with van der Waals surface area (Å²) in [7, 11) is 0. The number of hydrogen-bond donors (Lipinski definition) is 3. The predicted octanol–water partition coefficient (Wildman–Crippen LogP) is 5.19. The molecule has 1 saturated carbocycles. The van der Waals surface area contributed by atoms with Crippen molar-refractivity contribution in [3.63, 3.8) is 0 Å². The zero-order chi connectivity index (χ0) is 28.2. The second-order valence-corrected chi connectivity index (χ2v) is 11.2. The quantitative estimate of drug-likeness (QED) is 0.274. The summed E-state index contributed by atoms with van der Waals surface area (Å²) in [6.07, 6.45) is 8.84. The third-order valence-electron chi connectivity index (χ3n) is 8.22. The minimum atomic E-state index is -0.424. The second kappa shape index (κ2) is 12.1. The van der Waals surface area contributed by atoms with Gasteiger partial charge in [0.1, 0.15) is 5.82 Å². The number of aryl methyl sites for hydroxylation is 1. The maximum atomic E-state index is 11.7. The maximum Gasteiger partial charge on any atom is 0.257 e. The number of piperidine rings is 1. The van der Waals surface area contributed by atoms with Crippen molar-refractivity contribution in [2.45, 2.75) is 63.6 Å². The summed E-state index contributed by atoms with van der Waals surface area (Å²) in [4.78, 5) is 23.1. The Labute approximate surface area is 240 Å². The molecule has 0 bridgehead atoms. The van der Waals surface area contributed by atoms with Crippen LogP contribution in [0.2, 0.25) is 0 Å². The van der Waals surface area contributed by atoms with Crippen LogP contribution < -0.4 is 21.3 Å². The van der Waals surface area contributed by atoms with Gasteiger partial charge in [0.15, 0.2) is 5.82 Å². The molecule has 6 rings (SSSR count). The summed E-state index contributed by atoms with van der Waals surface area (Å²) in [5, 5.41) is 11.7. The van der Waals surface area contributed by atoms with E-state index < -0.39 is 5.91 Å². The largest absolute Gasteiger partial charge is 0.370 e. The first-order chi connectivity index (χ1) is 20.0.